The lowest BCUT2D eigenvalue weighted by Crippen LogP contribution is -2.31. The highest BCUT2D eigenvalue weighted by atomic mass is 35.5. The number of benzene rings is 1. The molecule has 0 saturated carbocycles. The average molecular weight is 344 g/mol. The van der Waals surface area contributed by atoms with Gasteiger partial charge in [-0.05, 0) is 44.4 Å². The van der Waals surface area contributed by atoms with Gasteiger partial charge in [0.15, 0.2) is 5.76 Å². The number of aromatic amines is 1. The van der Waals surface area contributed by atoms with Crippen LogP contribution < -0.4 is 10.5 Å². The predicted octanol–water partition coefficient (Wildman–Crippen LogP) is 4.14. The summed E-state index contributed by atoms with van der Waals surface area (Å²) in [5.41, 5.74) is 2.80. The minimum absolute atomic E-state index is 0.165. The standard InChI is InChI=1S/C18H18ClN3O2/c1-11-9-15(24-21-11)16-17(22-7-3-2-4-8-22)13-10-12(19)5-6-14(13)20-18(16)23/h5-6,9-10H,2-4,7-8H2,1H3,(H,20,23). The Morgan fingerprint density at radius 3 is 2.71 bits per heavy atom. The van der Waals surface area contributed by atoms with Crippen molar-refractivity contribution >= 4 is 28.2 Å². The van der Waals surface area contributed by atoms with E-state index in [-0.39, 0.29) is 5.56 Å². The molecule has 0 atom stereocenters. The number of halogens is 1. The Balaban J connectivity index is 2.05. The fourth-order valence-electron chi connectivity index (χ4n) is 3.40. The molecule has 0 bridgehead atoms. The highest BCUT2D eigenvalue weighted by molar-refractivity contribution is 6.31. The normalized spacial score (nSPS) is 15.2. The largest absolute Gasteiger partial charge is 0.370 e. The second-order valence-electron chi connectivity index (χ2n) is 6.25. The molecule has 1 aromatic carbocycles. The Bertz CT molecular complexity index is 955. The van der Waals surface area contributed by atoms with Gasteiger partial charge in [-0.1, -0.05) is 16.8 Å². The molecule has 0 amide bonds. The maximum atomic E-state index is 12.8. The molecule has 6 heteroatoms. The summed E-state index contributed by atoms with van der Waals surface area (Å²) in [6, 6.07) is 7.35. The number of anilines is 1. The molecule has 1 aliphatic rings. The fourth-order valence-corrected chi connectivity index (χ4v) is 3.58. The molecule has 3 aromatic rings. The van der Waals surface area contributed by atoms with Crippen molar-refractivity contribution in [1.82, 2.24) is 10.1 Å². The summed E-state index contributed by atoms with van der Waals surface area (Å²) in [5, 5.41) is 5.53. The Kier molecular flexibility index (Phi) is 3.81. The quantitative estimate of drug-likeness (QED) is 0.759. The first-order valence-corrected chi connectivity index (χ1v) is 8.55. The summed E-state index contributed by atoms with van der Waals surface area (Å²) in [7, 11) is 0. The summed E-state index contributed by atoms with van der Waals surface area (Å²) in [5.74, 6) is 0.496. The number of aryl methyl sites for hydroxylation is 1. The Hall–Kier alpha value is -2.27. The number of nitrogens with zero attached hydrogens (tertiary/aromatic N) is 2. The molecule has 0 aliphatic carbocycles. The third-order valence-corrected chi connectivity index (χ3v) is 4.73. The predicted molar refractivity (Wildman–Crippen MR) is 95.9 cm³/mol. The molecule has 0 unspecified atom stereocenters. The molecule has 3 heterocycles. The Morgan fingerprint density at radius 2 is 2.00 bits per heavy atom. The second-order valence-corrected chi connectivity index (χ2v) is 6.68. The van der Waals surface area contributed by atoms with Crippen LogP contribution in [0.2, 0.25) is 5.02 Å². The fraction of sp³-hybridized carbons (Fsp3) is 0.333. The number of H-pyrrole nitrogens is 1. The van der Waals surface area contributed by atoms with E-state index in [1.807, 2.05) is 19.1 Å². The average Bonchev–Trinajstić information content (AvgIpc) is 3.01. The molecular formula is C18H18ClN3O2. The van der Waals surface area contributed by atoms with Gasteiger partial charge in [0, 0.05) is 29.6 Å². The van der Waals surface area contributed by atoms with Crippen LogP contribution in [0.5, 0.6) is 0 Å². The topological polar surface area (TPSA) is 62.1 Å². The first-order chi connectivity index (χ1) is 11.6. The molecule has 5 nitrogen and oxygen atoms in total. The van der Waals surface area contributed by atoms with E-state index in [4.69, 9.17) is 16.1 Å². The van der Waals surface area contributed by atoms with E-state index in [1.165, 1.54) is 6.42 Å². The van der Waals surface area contributed by atoms with Crippen LogP contribution in [-0.4, -0.2) is 23.2 Å². The summed E-state index contributed by atoms with van der Waals surface area (Å²) in [4.78, 5) is 18.0. The minimum Gasteiger partial charge on any atom is -0.370 e. The van der Waals surface area contributed by atoms with Crippen molar-refractivity contribution in [2.24, 2.45) is 0 Å². The smallest absolute Gasteiger partial charge is 0.261 e. The molecular weight excluding hydrogens is 326 g/mol. The van der Waals surface area contributed by atoms with Crippen molar-refractivity contribution in [3.63, 3.8) is 0 Å². The molecule has 24 heavy (non-hydrogen) atoms. The van der Waals surface area contributed by atoms with Gasteiger partial charge in [-0.3, -0.25) is 4.79 Å². The summed E-state index contributed by atoms with van der Waals surface area (Å²) >= 11 is 6.23. The van der Waals surface area contributed by atoms with Gasteiger partial charge >= 0.3 is 0 Å². The lowest BCUT2D eigenvalue weighted by Gasteiger charge is -2.31. The minimum atomic E-state index is -0.165. The number of rotatable bonds is 2. The number of hydrogen-bond acceptors (Lipinski definition) is 4. The van der Waals surface area contributed by atoms with Gasteiger partial charge in [0.1, 0.15) is 5.56 Å². The summed E-state index contributed by atoms with van der Waals surface area (Å²) < 4.78 is 5.41. The SMILES string of the molecule is Cc1cc(-c2c(N3CCCCC3)c3cc(Cl)ccc3[nH]c2=O)on1. The Labute approximate surface area is 144 Å². The van der Waals surface area contributed by atoms with E-state index >= 15 is 0 Å². The van der Waals surface area contributed by atoms with Crippen molar-refractivity contribution in [3.8, 4) is 11.3 Å². The maximum absolute atomic E-state index is 12.8. The van der Waals surface area contributed by atoms with E-state index in [1.54, 1.807) is 12.1 Å². The third-order valence-electron chi connectivity index (χ3n) is 4.50. The first-order valence-electron chi connectivity index (χ1n) is 8.17. The number of aromatic nitrogens is 2. The summed E-state index contributed by atoms with van der Waals surface area (Å²) in [6.45, 7) is 3.69. The monoisotopic (exact) mass is 343 g/mol. The van der Waals surface area contributed by atoms with Crippen LogP contribution in [0.4, 0.5) is 5.69 Å². The molecule has 0 spiro atoms. The zero-order chi connectivity index (χ0) is 16.7. The second kappa shape index (κ2) is 5.98. The van der Waals surface area contributed by atoms with E-state index in [0.29, 0.717) is 16.3 Å². The number of piperidine rings is 1. The van der Waals surface area contributed by atoms with Crippen LogP contribution in [0.15, 0.2) is 33.6 Å². The molecule has 1 N–H and O–H groups in total. The highest BCUT2D eigenvalue weighted by Gasteiger charge is 2.24. The zero-order valence-corrected chi connectivity index (χ0v) is 14.2. The molecule has 4 rings (SSSR count). The summed E-state index contributed by atoms with van der Waals surface area (Å²) in [6.07, 6.45) is 3.45. The first kappa shape index (κ1) is 15.3. The third kappa shape index (κ3) is 2.59. The van der Waals surface area contributed by atoms with E-state index in [9.17, 15) is 4.79 Å². The van der Waals surface area contributed by atoms with Gasteiger partial charge in [0.05, 0.1) is 16.9 Å². The van der Waals surface area contributed by atoms with Gasteiger partial charge in [0.2, 0.25) is 0 Å². The van der Waals surface area contributed by atoms with E-state index in [0.717, 1.165) is 48.2 Å². The Morgan fingerprint density at radius 1 is 1.21 bits per heavy atom. The van der Waals surface area contributed by atoms with Crippen LogP contribution in [0.25, 0.3) is 22.2 Å². The van der Waals surface area contributed by atoms with E-state index in [2.05, 4.69) is 15.0 Å². The molecule has 0 radical (unpaired) electrons. The van der Waals surface area contributed by atoms with Crippen LogP contribution in [-0.2, 0) is 0 Å². The van der Waals surface area contributed by atoms with Crippen molar-refractivity contribution in [2.45, 2.75) is 26.2 Å². The van der Waals surface area contributed by atoms with Gasteiger partial charge in [0.25, 0.3) is 5.56 Å². The lowest BCUT2D eigenvalue weighted by molar-refractivity contribution is 0.426. The van der Waals surface area contributed by atoms with Crippen LogP contribution in [0.3, 0.4) is 0 Å². The number of nitrogens with one attached hydrogen (secondary N) is 1. The number of fused-ring (bicyclic) bond motifs is 1. The van der Waals surface area contributed by atoms with Crippen molar-refractivity contribution < 1.29 is 4.52 Å². The number of pyridine rings is 1. The highest BCUT2D eigenvalue weighted by Crippen LogP contribution is 2.36. The van der Waals surface area contributed by atoms with Crippen LogP contribution >= 0.6 is 11.6 Å². The van der Waals surface area contributed by atoms with Gasteiger partial charge < -0.3 is 14.4 Å². The lowest BCUT2D eigenvalue weighted by atomic mass is 10.0. The molecule has 1 fully saturated rings. The molecule has 124 valence electrons. The molecule has 1 saturated heterocycles. The molecule has 2 aromatic heterocycles. The van der Waals surface area contributed by atoms with Crippen LogP contribution in [0, 0.1) is 6.92 Å². The zero-order valence-electron chi connectivity index (χ0n) is 13.4. The van der Waals surface area contributed by atoms with Gasteiger partial charge in [-0.2, -0.15) is 0 Å². The van der Waals surface area contributed by atoms with Gasteiger partial charge in [-0.15, -0.1) is 0 Å². The van der Waals surface area contributed by atoms with Crippen molar-refractivity contribution in [3.05, 3.63) is 45.3 Å². The number of hydrogen-bond donors (Lipinski definition) is 1. The van der Waals surface area contributed by atoms with Crippen LogP contribution in [0.1, 0.15) is 25.0 Å². The molecule has 1 aliphatic heterocycles. The maximum Gasteiger partial charge on any atom is 0.261 e. The van der Waals surface area contributed by atoms with Crippen molar-refractivity contribution in [2.75, 3.05) is 18.0 Å². The van der Waals surface area contributed by atoms with E-state index < -0.39 is 0 Å². The van der Waals surface area contributed by atoms with Crippen molar-refractivity contribution in [1.29, 1.82) is 0 Å². The van der Waals surface area contributed by atoms with Gasteiger partial charge in [-0.25, -0.2) is 0 Å².